The fourth-order valence-electron chi connectivity index (χ4n) is 1.77. The summed E-state index contributed by atoms with van der Waals surface area (Å²) in [7, 11) is 0. The van der Waals surface area contributed by atoms with Crippen LogP contribution in [0, 0.1) is 6.92 Å². The number of carbonyl (C=O) groups is 1. The van der Waals surface area contributed by atoms with E-state index in [1.54, 1.807) is 24.3 Å². The number of benzene rings is 2. The number of hydrogen-bond donors (Lipinski definition) is 2. The van der Waals surface area contributed by atoms with E-state index in [1.807, 2.05) is 31.2 Å². The SMILES string of the molecule is Cc1ccccc1CNC(=O)c1cccc(N)c1. The Labute approximate surface area is 107 Å². The number of rotatable bonds is 3. The summed E-state index contributed by atoms with van der Waals surface area (Å²) in [5.74, 6) is -0.106. The Kier molecular flexibility index (Phi) is 3.63. The lowest BCUT2D eigenvalue weighted by atomic mass is 10.1. The topological polar surface area (TPSA) is 55.1 Å². The van der Waals surface area contributed by atoms with Crippen LogP contribution in [0.2, 0.25) is 0 Å². The van der Waals surface area contributed by atoms with Crippen LogP contribution in [0.3, 0.4) is 0 Å². The van der Waals surface area contributed by atoms with Gasteiger partial charge in [0.05, 0.1) is 0 Å². The molecule has 0 aliphatic heterocycles. The Bertz CT molecular complexity index is 564. The van der Waals surface area contributed by atoms with Crippen LogP contribution in [0.15, 0.2) is 48.5 Å². The number of anilines is 1. The second kappa shape index (κ2) is 5.36. The molecule has 92 valence electrons. The Balaban J connectivity index is 2.03. The molecule has 3 N–H and O–H groups in total. The Hall–Kier alpha value is -2.29. The molecule has 0 saturated carbocycles. The molecule has 0 aromatic heterocycles. The zero-order valence-electron chi connectivity index (χ0n) is 10.3. The van der Waals surface area contributed by atoms with Gasteiger partial charge in [-0.05, 0) is 36.2 Å². The summed E-state index contributed by atoms with van der Waals surface area (Å²) in [6, 6.07) is 15.0. The van der Waals surface area contributed by atoms with Gasteiger partial charge in [0.2, 0.25) is 0 Å². The van der Waals surface area contributed by atoms with Crippen molar-refractivity contribution >= 4 is 11.6 Å². The molecule has 0 radical (unpaired) electrons. The van der Waals surface area contributed by atoms with Crippen LogP contribution in [0.25, 0.3) is 0 Å². The molecule has 2 aromatic rings. The van der Waals surface area contributed by atoms with Gasteiger partial charge < -0.3 is 11.1 Å². The summed E-state index contributed by atoms with van der Waals surface area (Å²) in [5.41, 5.74) is 9.12. The van der Waals surface area contributed by atoms with Crippen LogP contribution in [-0.4, -0.2) is 5.91 Å². The first-order valence-electron chi connectivity index (χ1n) is 5.85. The molecule has 0 unspecified atom stereocenters. The predicted octanol–water partition coefficient (Wildman–Crippen LogP) is 2.51. The second-order valence-electron chi connectivity index (χ2n) is 4.23. The number of nitrogens with two attached hydrogens (primary N) is 1. The van der Waals surface area contributed by atoms with Gasteiger partial charge in [0, 0.05) is 17.8 Å². The fraction of sp³-hybridized carbons (Fsp3) is 0.133. The molecule has 0 saturated heterocycles. The molecule has 0 aliphatic carbocycles. The summed E-state index contributed by atoms with van der Waals surface area (Å²) < 4.78 is 0. The molecular weight excluding hydrogens is 224 g/mol. The molecule has 3 nitrogen and oxygen atoms in total. The van der Waals surface area contributed by atoms with E-state index < -0.39 is 0 Å². The van der Waals surface area contributed by atoms with Gasteiger partial charge >= 0.3 is 0 Å². The van der Waals surface area contributed by atoms with Gasteiger partial charge in [-0.3, -0.25) is 4.79 Å². The monoisotopic (exact) mass is 240 g/mol. The number of amides is 1. The first-order chi connectivity index (χ1) is 8.66. The van der Waals surface area contributed by atoms with Crippen molar-refractivity contribution in [1.29, 1.82) is 0 Å². The lowest BCUT2D eigenvalue weighted by molar-refractivity contribution is 0.0951. The van der Waals surface area contributed by atoms with Crippen molar-refractivity contribution in [3.05, 3.63) is 65.2 Å². The quantitative estimate of drug-likeness (QED) is 0.810. The van der Waals surface area contributed by atoms with Crippen LogP contribution in [0.5, 0.6) is 0 Å². The molecular formula is C15H16N2O. The highest BCUT2D eigenvalue weighted by molar-refractivity contribution is 5.94. The molecule has 0 bridgehead atoms. The molecule has 3 heteroatoms. The number of aryl methyl sites for hydroxylation is 1. The zero-order chi connectivity index (χ0) is 13.0. The minimum atomic E-state index is -0.106. The summed E-state index contributed by atoms with van der Waals surface area (Å²) in [4.78, 5) is 11.9. The first-order valence-corrected chi connectivity index (χ1v) is 5.85. The molecule has 2 rings (SSSR count). The maximum atomic E-state index is 11.9. The van der Waals surface area contributed by atoms with E-state index in [4.69, 9.17) is 5.73 Å². The van der Waals surface area contributed by atoms with Crippen LogP contribution >= 0.6 is 0 Å². The smallest absolute Gasteiger partial charge is 0.251 e. The Morgan fingerprint density at radius 2 is 1.94 bits per heavy atom. The normalized spacial score (nSPS) is 10.1. The zero-order valence-corrected chi connectivity index (χ0v) is 10.3. The van der Waals surface area contributed by atoms with E-state index in [1.165, 1.54) is 5.56 Å². The molecule has 0 fully saturated rings. The van der Waals surface area contributed by atoms with E-state index >= 15 is 0 Å². The van der Waals surface area contributed by atoms with E-state index in [0.29, 0.717) is 17.8 Å². The average molecular weight is 240 g/mol. The Morgan fingerprint density at radius 1 is 1.17 bits per heavy atom. The number of carbonyl (C=O) groups excluding carboxylic acids is 1. The molecule has 0 atom stereocenters. The predicted molar refractivity (Wildman–Crippen MR) is 73.2 cm³/mol. The van der Waals surface area contributed by atoms with E-state index in [9.17, 15) is 4.79 Å². The fourth-order valence-corrected chi connectivity index (χ4v) is 1.77. The van der Waals surface area contributed by atoms with Gasteiger partial charge in [0.25, 0.3) is 5.91 Å². The average Bonchev–Trinajstić information content (AvgIpc) is 2.37. The first kappa shape index (κ1) is 12.2. The number of nitrogen functional groups attached to an aromatic ring is 1. The lowest BCUT2D eigenvalue weighted by Crippen LogP contribution is -2.23. The van der Waals surface area contributed by atoms with Crippen molar-refractivity contribution < 1.29 is 4.79 Å². The minimum Gasteiger partial charge on any atom is -0.399 e. The van der Waals surface area contributed by atoms with Crippen LogP contribution < -0.4 is 11.1 Å². The third kappa shape index (κ3) is 2.88. The van der Waals surface area contributed by atoms with E-state index in [0.717, 1.165) is 5.56 Å². The maximum Gasteiger partial charge on any atom is 0.251 e. The summed E-state index contributed by atoms with van der Waals surface area (Å²) in [6.45, 7) is 2.56. The summed E-state index contributed by atoms with van der Waals surface area (Å²) in [6.07, 6.45) is 0. The highest BCUT2D eigenvalue weighted by Crippen LogP contribution is 2.09. The van der Waals surface area contributed by atoms with Crippen molar-refractivity contribution in [2.75, 3.05) is 5.73 Å². The van der Waals surface area contributed by atoms with Gasteiger partial charge in [-0.15, -0.1) is 0 Å². The van der Waals surface area contributed by atoms with Gasteiger partial charge in [0.15, 0.2) is 0 Å². The van der Waals surface area contributed by atoms with Crippen LogP contribution in [0.4, 0.5) is 5.69 Å². The van der Waals surface area contributed by atoms with Gasteiger partial charge in [-0.2, -0.15) is 0 Å². The van der Waals surface area contributed by atoms with Crippen molar-refractivity contribution in [2.45, 2.75) is 13.5 Å². The summed E-state index contributed by atoms with van der Waals surface area (Å²) in [5, 5.41) is 2.89. The van der Waals surface area contributed by atoms with Crippen LogP contribution in [-0.2, 0) is 6.54 Å². The van der Waals surface area contributed by atoms with E-state index in [-0.39, 0.29) is 5.91 Å². The van der Waals surface area contributed by atoms with Gasteiger partial charge in [-0.25, -0.2) is 0 Å². The highest BCUT2D eigenvalue weighted by Gasteiger charge is 2.05. The van der Waals surface area contributed by atoms with Crippen molar-refractivity contribution in [2.24, 2.45) is 0 Å². The highest BCUT2D eigenvalue weighted by atomic mass is 16.1. The van der Waals surface area contributed by atoms with Crippen LogP contribution in [0.1, 0.15) is 21.5 Å². The number of nitrogens with one attached hydrogen (secondary N) is 1. The second-order valence-corrected chi connectivity index (χ2v) is 4.23. The van der Waals surface area contributed by atoms with E-state index in [2.05, 4.69) is 5.32 Å². The maximum absolute atomic E-state index is 11.9. The molecule has 0 heterocycles. The van der Waals surface area contributed by atoms with Crippen molar-refractivity contribution in [3.63, 3.8) is 0 Å². The van der Waals surface area contributed by atoms with Crippen molar-refractivity contribution in [1.82, 2.24) is 5.32 Å². The standard InChI is InChI=1S/C15H16N2O/c1-11-5-2-3-6-13(11)10-17-15(18)12-7-4-8-14(16)9-12/h2-9H,10,16H2,1H3,(H,17,18). The summed E-state index contributed by atoms with van der Waals surface area (Å²) >= 11 is 0. The molecule has 0 aliphatic rings. The number of hydrogen-bond acceptors (Lipinski definition) is 2. The minimum absolute atomic E-state index is 0.106. The lowest BCUT2D eigenvalue weighted by Gasteiger charge is -2.08. The van der Waals surface area contributed by atoms with Gasteiger partial charge in [0.1, 0.15) is 0 Å². The Morgan fingerprint density at radius 3 is 2.67 bits per heavy atom. The largest absolute Gasteiger partial charge is 0.399 e. The molecule has 0 spiro atoms. The molecule has 18 heavy (non-hydrogen) atoms. The third-order valence-corrected chi connectivity index (χ3v) is 2.85. The van der Waals surface area contributed by atoms with Gasteiger partial charge in [-0.1, -0.05) is 30.3 Å². The van der Waals surface area contributed by atoms with Crippen molar-refractivity contribution in [3.8, 4) is 0 Å². The molecule has 1 amide bonds. The molecule has 2 aromatic carbocycles. The third-order valence-electron chi connectivity index (χ3n) is 2.85.